The number of nitrogens with one attached hydrogen (secondary N) is 1. The number of para-hydroxylation sites is 1. The van der Waals surface area contributed by atoms with Crippen LogP contribution in [0.15, 0.2) is 77.6 Å². The van der Waals surface area contributed by atoms with Crippen LogP contribution in [0.4, 0.5) is 4.39 Å². The summed E-state index contributed by atoms with van der Waals surface area (Å²) in [5, 5.41) is 4.37. The number of benzene rings is 3. The van der Waals surface area contributed by atoms with E-state index in [1.807, 2.05) is 30.3 Å². The van der Waals surface area contributed by atoms with E-state index in [1.54, 1.807) is 36.4 Å². The molecular weight excluding hydrogens is 403 g/mol. The third-order valence-corrected chi connectivity index (χ3v) is 4.81. The first-order chi connectivity index (χ1) is 14.5. The Morgan fingerprint density at radius 3 is 2.63 bits per heavy atom. The second-order valence-corrected chi connectivity index (χ2v) is 7.16. The third kappa shape index (κ3) is 4.21. The maximum absolute atomic E-state index is 13.4. The highest BCUT2D eigenvalue weighted by Crippen LogP contribution is 2.24. The number of rotatable bonds is 5. The first kappa shape index (κ1) is 19.7. The normalized spacial score (nSPS) is 11.6. The molecule has 1 N–H and O–H groups in total. The van der Waals surface area contributed by atoms with E-state index in [0.717, 1.165) is 0 Å². The minimum atomic E-state index is -0.325. The molecule has 6 heteroatoms. The standard InChI is InChI=1S/C24H18ClFN2O2/c1-16-22(24(29)28(27-16)21-8-3-2-4-9-21)14-18-13-19(25)10-11-23(18)30-15-17-6-5-7-20(26)12-17/h2-14,27H,1,15H2/b22-14-. The molecule has 1 heterocycles. The lowest BCUT2D eigenvalue weighted by Gasteiger charge is -2.10. The van der Waals surface area contributed by atoms with Crippen LogP contribution in [-0.4, -0.2) is 9.78 Å². The number of halogens is 2. The van der Waals surface area contributed by atoms with Gasteiger partial charge in [-0.1, -0.05) is 48.5 Å². The molecule has 0 radical (unpaired) electrons. The molecule has 4 nitrogen and oxygen atoms in total. The zero-order valence-corrected chi connectivity index (χ0v) is 16.7. The highest BCUT2D eigenvalue weighted by molar-refractivity contribution is 6.30. The van der Waals surface area contributed by atoms with Gasteiger partial charge in [0, 0.05) is 10.6 Å². The molecule has 3 aromatic carbocycles. The maximum atomic E-state index is 13.4. The molecule has 0 amide bonds. The molecule has 0 spiro atoms. The van der Waals surface area contributed by atoms with Crippen molar-refractivity contribution in [2.45, 2.75) is 6.61 Å². The van der Waals surface area contributed by atoms with Crippen LogP contribution < -0.4 is 20.9 Å². The highest BCUT2D eigenvalue weighted by atomic mass is 35.5. The molecule has 0 unspecified atom stereocenters. The molecule has 1 aromatic heterocycles. The van der Waals surface area contributed by atoms with E-state index in [4.69, 9.17) is 16.3 Å². The molecule has 0 saturated carbocycles. The van der Waals surface area contributed by atoms with Gasteiger partial charge in [-0.3, -0.25) is 9.89 Å². The molecule has 30 heavy (non-hydrogen) atoms. The van der Waals surface area contributed by atoms with Crippen LogP contribution in [-0.2, 0) is 6.61 Å². The van der Waals surface area contributed by atoms with E-state index in [1.165, 1.54) is 16.8 Å². The molecule has 150 valence electrons. The van der Waals surface area contributed by atoms with Crippen LogP contribution in [0.25, 0.3) is 18.3 Å². The fraction of sp³-hybridized carbons (Fsp3) is 0.0417. The van der Waals surface area contributed by atoms with Crippen LogP contribution in [0.1, 0.15) is 11.1 Å². The van der Waals surface area contributed by atoms with Crippen LogP contribution in [0.3, 0.4) is 0 Å². The predicted molar refractivity (Wildman–Crippen MR) is 117 cm³/mol. The molecular formula is C24H18ClFN2O2. The average Bonchev–Trinajstić information content (AvgIpc) is 3.02. The Morgan fingerprint density at radius 1 is 1.07 bits per heavy atom. The summed E-state index contributed by atoms with van der Waals surface area (Å²) in [7, 11) is 0. The molecule has 0 aliphatic rings. The Hall–Kier alpha value is -3.57. The van der Waals surface area contributed by atoms with Gasteiger partial charge in [-0.2, -0.15) is 0 Å². The van der Waals surface area contributed by atoms with Crippen molar-refractivity contribution in [2.24, 2.45) is 0 Å². The molecule has 0 saturated heterocycles. The molecule has 4 rings (SSSR count). The quantitative estimate of drug-likeness (QED) is 0.534. The number of H-pyrrole nitrogens is 1. The van der Waals surface area contributed by atoms with Gasteiger partial charge in [0.25, 0.3) is 5.56 Å². The van der Waals surface area contributed by atoms with Crippen LogP contribution in [0, 0.1) is 5.82 Å². The Kier molecular flexibility index (Phi) is 5.55. The van der Waals surface area contributed by atoms with Gasteiger partial charge in [0.05, 0.1) is 16.3 Å². The third-order valence-electron chi connectivity index (χ3n) is 4.57. The van der Waals surface area contributed by atoms with Gasteiger partial charge in [0.15, 0.2) is 0 Å². The van der Waals surface area contributed by atoms with Crippen molar-refractivity contribution in [3.63, 3.8) is 0 Å². The monoisotopic (exact) mass is 420 g/mol. The van der Waals surface area contributed by atoms with Gasteiger partial charge in [0.1, 0.15) is 18.2 Å². The lowest BCUT2D eigenvalue weighted by atomic mass is 10.1. The van der Waals surface area contributed by atoms with Gasteiger partial charge >= 0.3 is 0 Å². The summed E-state index contributed by atoms with van der Waals surface area (Å²) in [6, 6.07) is 20.6. The molecule has 0 aliphatic heterocycles. The lowest BCUT2D eigenvalue weighted by molar-refractivity contribution is 0.305. The second kappa shape index (κ2) is 8.43. The highest BCUT2D eigenvalue weighted by Gasteiger charge is 2.08. The van der Waals surface area contributed by atoms with Crippen LogP contribution in [0.5, 0.6) is 5.75 Å². The Labute approximate surface area is 177 Å². The van der Waals surface area contributed by atoms with E-state index < -0.39 is 0 Å². The largest absolute Gasteiger partial charge is 0.488 e. The minimum Gasteiger partial charge on any atom is -0.488 e. The van der Waals surface area contributed by atoms with Crippen molar-refractivity contribution in [1.82, 2.24) is 9.78 Å². The van der Waals surface area contributed by atoms with Crippen molar-refractivity contribution in [2.75, 3.05) is 0 Å². The lowest BCUT2D eigenvalue weighted by Crippen LogP contribution is -2.34. The predicted octanol–water partition coefficient (Wildman–Crippen LogP) is 3.78. The number of hydrogen-bond donors (Lipinski definition) is 1. The summed E-state index contributed by atoms with van der Waals surface area (Å²) in [5.41, 5.74) is 1.80. The van der Waals surface area contributed by atoms with E-state index >= 15 is 0 Å². The molecule has 0 aliphatic carbocycles. The summed E-state index contributed by atoms with van der Waals surface area (Å²) in [6.45, 7) is 4.14. The fourth-order valence-electron chi connectivity index (χ4n) is 3.11. The summed E-state index contributed by atoms with van der Waals surface area (Å²) in [4.78, 5) is 13.0. The van der Waals surface area contributed by atoms with Crippen molar-refractivity contribution in [1.29, 1.82) is 0 Å². The Morgan fingerprint density at radius 2 is 1.87 bits per heavy atom. The van der Waals surface area contributed by atoms with Gasteiger partial charge in [0.2, 0.25) is 0 Å². The second-order valence-electron chi connectivity index (χ2n) is 6.73. The molecule has 0 bridgehead atoms. The number of ether oxygens (including phenoxy) is 1. The van der Waals surface area contributed by atoms with Crippen LogP contribution >= 0.6 is 11.6 Å². The van der Waals surface area contributed by atoms with E-state index in [0.29, 0.717) is 38.2 Å². The number of hydrogen-bond acceptors (Lipinski definition) is 2. The first-order valence-electron chi connectivity index (χ1n) is 9.25. The minimum absolute atomic E-state index is 0.179. The number of aromatic nitrogens is 2. The Balaban J connectivity index is 1.74. The zero-order valence-electron chi connectivity index (χ0n) is 15.9. The van der Waals surface area contributed by atoms with Crippen molar-refractivity contribution in [3.8, 4) is 11.4 Å². The van der Waals surface area contributed by atoms with Gasteiger partial charge in [-0.25, -0.2) is 9.07 Å². The van der Waals surface area contributed by atoms with E-state index in [9.17, 15) is 9.18 Å². The van der Waals surface area contributed by atoms with Crippen LogP contribution in [0.2, 0.25) is 5.02 Å². The van der Waals surface area contributed by atoms with Crippen molar-refractivity contribution in [3.05, 3.63) is 116 Å². The zero-order chi connectivity index (χ0) is 21.1. The van der Waals surface area contributed by atoms with Crippen molar-refractivity contribution < 1.29 is 9.13 Å². The average molecular weight is 421 g/mol. The first-order valence-corrected chi connectivity index (χ1v) is 9.63. The summed E-state index contributed by atoms with van der Waals surface area (Å²) in [6.07, 6.45) is 1.69. The fourth-order valence-corrected chi connectivity index (χ4v) is 3.29. The molecule has 4 aromatic rings. The van der Waals surface area contributed by atoms with E-state index in [2.05, 4.69) is 11.7 Å². The maximum Gasteiger partial charge on any atom is 0.279 e. The Bertz CT molecular complexity index is 1360. The summed E-state index contributed by atoms with van der Waals surface area (Å²) in [5.74, 6) is 0.199. The van der Waals surface area contributed by atoms with Crippen molar-refractivity contribution >= 4 is 24.3 Å². The summed E-state index contributed by atoms with van der Waals surface area (Å²) < 4.78 is 20.7. The number of nitrogens with zero attached hydrogens (tertiary/aromatic N) is 1. The van der Waals surface area contributed by atoms with E-state index in [-0.39, 0.29) is 18.0 Å². The number of aromatic amines is 1. The molecule has 0 atom stereocenters. The van der Waals surface area contributed by atoms with Gasteiger partial charge in [-0.05, 0) is 54.1 Å². The van der Waals surface area contributed by atoms with Gasteiger partial charge < -0.3 is 4.74 Å². The smallest absolute Gasteiger partial charge is 0.279 e. The molecule has 0 fully saturated rings. The summed E-state index contributed by atoms with van der Waals surface area (Å²) >= 11 is 6.17. The van der Waals surface area contributed by atoms with Gasteiger partial charge in [-0.15, -0.1) is 0 Å². The topological polar surface area (TPSA) is 47.0 Å². The SMILES string of the molecule is C=c1[nH]n(-c2ccccc2)c(=O)/c1=C\c1cc(Cl)ccc1OCc1cccc(F)c1.